The van der Waals surface area contributed by atoms with Crippen LogP contribution in [0.15, 0.2) is 29.6 Å². The highest BCUT2D eigenvalue weighted by Gasteiger charge is 2.21. The van der Waals surface area contributed by atoms with E-state index in [0.717, 1.165) is 11.3 Å². The molecule has 1 atom stereocenters. The Morgan fingerprint density at radius 1 is 1.32 bits per heavy atom. The summed E-state index contributed by atoms with van der Waals surface area (Å²) in [7, 11) is 1.86. The largest absolute Gasteiger partial charge is 0.454 e. The van der Waals surface area contributed by atoms with Gasteiger partial charge < -0.3 is 20.5 Å². The van der Waals surface area contributed by atoms with Gasteiger partial charge in [-0.25, -0.2) is 0 Å². The van der Waals surface area contributed by atoms with E-state index in [9.17, 15) is 9.59 Å². The molecule has 0 spiro atoms. The molecular weight excluding hydrogens is 342 g/mol. The number of fused-ring (bicyclic) bond motifs is 1. The van der Waals surface area contributed by atoms with Crippen molar-refractivity contribution in [3.05, 3.63) is 40.8 Å². The number of thiophene rings is 1. The van der Waals surface area contributed by atoms with Gasteiger partial charge in [-0.15, -0.1) is 11.3 Å². The zero-order valence-electron chi connectivity index (χ0n) is 13.9. The molecule has 0 saturated heterocycles. The van der Waals surface area contributed by atoms with Gasteiger partial charge in [0.05, 0.1) is 11.6 Å². The summed E-state index contributed by atoms with van der Waals surface area (Å²) < 4.78 is 10.7. The number of nitrogens with zero attached hydrogens (tertiary/aromatic N) is 1. The van der Waals surface area contributed by atoms with Crippen molar-refractivity contribution in [1.82, 2.24) is 4.90 Å². The average Bonchev–Trinajstić information content (AvgIpc) is 3.22. The number of primary amides is 1. The Hall–Kier alpha value is -2.58. The summed E-state index contributed by atoms with van der Waals surface area (Å²) in [5, 5.41) is 4.96. The van der Waals surface area contributed by atoms with Crippen molar-refractivity contribution in [2.45, 2.75) is 19.5 Å². The lowest BCUT2D eigenvalue weighted by atomic mass is 10.1. The first kappa shape index (κ1) is 17.2. The fraction of sp³-hybridized carbons (Fsp3) is 0.294. The molecule has 1 aliphatic rings. The lowest BCUT2D eigenvalue weighted by Gasteiger charge is -2.24. The van der Waals surface area contributed by atoms with Gasteiger partial charge in [0.15, 0.2) is 11.5 Å². The van der Waals surface area contributed by atoms with Crippen LogP contribution in [-0.2, 0) is 11.3 Å². The van der Waals surface area contributed by atoms with Crippen molar-refractivity contribution in [3.8, 4) is 11.5 Å². The topological polar surface area (TPSA) is 93.9 Å². The highest BCUT2D eigenvalue weighted by Crippen LogP contribution is 2.32. The summed E-state index contributed by atoms with van der Waals surface area (Å²) in [6.07, 6.45) is 0. The Morgan fingerprint density at radius 2 is 2.08 bits per heavy atom. The minimum Gasteiger partial charge on any atom is -0.454 e. The first-order valence-electron chi connectivity index (χ1n) is 7.72. The molecule has 132 valence electrons. The first-order chi connectivity index (χ1) is 12.0. The van der Waals surface area contributed by atoms with E-state index in [1.165, 1.54) is 11.3 Å². The van der Waals surface area contributed by atoms with Gasteiger partial charge in [0.1, 0.15) is 5.00 Å². The van der Waals surface area contributed by atoms with Crippen LogP contribution in [0.4, 0.5) is 5.00 Å². The molecule has 1 aromatic carbocycles. The summed E-state index contributed by atoms with van der Waals surface area (Å²) in [4.78, 5) is 25.7. The maximum absolute atomic E-state index is 12.5. The predicted molar refractivity (Wildman–Crippen MR) is 95.0 cm³/mol. The molecule has 1 aromatic heterocycles. The van der Waals surface area contributed by atoms with Crippen LogP contribution in [0.25, 0.3) is 0 Å². The number of ether oxygens (including phenoxy) is 2. The molecule has 0 fully saturated rings. The van der Waals surface area contributed by atoms with E-state index in [-0.39, 0.29) is 12.7 Å². The van der Waals surface area contributed by atoms with E-state index in [1.807, 2.05) is 30.1 Å². The summed E-state index contributed by atoms with van der Waals surface area (Å²) >= 11 is 1.27. The molecule has 2 heterocycles. The first-order valence-corrected chi connectivity index (χ1v) is 8.60. The van der Waals surface area contributed by atoms with Gasteiger partial charge in [-0.2, -0.15) is 0 Å². The molecule has 0 aliphatic carbocycles. The highest BCUT2D eigenvalue weighted by molar-refractivity contribution is 7.14. The van der Waals surface area contributed by atoms with Crippen molar-refractivity contribution >= 4 is 28.2 Å². The molecule has 25 heavy (non-hydrogen) atoms. The van der Waals surface area contributed by atoms with Crippen LogP contribution in [0.1, 0.15) is 22.8 Å². The molecule has 8 heteroatoms. The standard InChI is InChI=1S/C17H19N3O4S/c1-10(16(22)19-17-12(15(18)21)5-6-25-17)20(2)8-11-3-4-13-14(7-11)24-9-23-13/h3-7,10H,8-9H2,1-2H3,(H2,18,21)(H,19,22)/t10-/m1/s1. The van der Waals surface area contributed by atoms with Crippen LogP contribution in [0.2, 0.25) is 0 Å². The van der Waals surface area contributed by atoms with Gasteiger partial charge >= 0.3 is 0 Å². The second kappa shape index (κ2) is 7.12. The number of carbonyl (C=O) groups is 2. The zero-order valence-corrected chi connectivity index (χ0v) is 14.8. The second-order valence-corrected chi connectivity index (χ2v) is 6.71. The van der Waals surface area contributed by atoms with Gasteiger partial charge in [0.25, 0.3) is 5.91 Å². The molecule has 0 bridgehead atoms. The van der Waals surface area contributed by atoms with Crippen molar-refractivity contribution in [3.63, 3.8) is 0 Å². The van der Waals surface area contributed by atoms with Gasteiger partial charge in [-0.1, -0.05) is 6.07 Å². The molecule has 2 amide bonds. The van der Waals surface area contributed by atoms with Gasteiger partial charge in [0, 0.05) is 6.54 Å². The summed E-state index contributed by atoms with van der Waals surface area (Å²) in [6.45, 7) is 2.61. The maximum atomic E-state index is 12.5. The van der Waals surface area contributed by atoms with Crippen molar-refractivity contribution < 1.29 is 19.1 Å². The third kappa shape index (κ3) is 3.75. The van der Waals surface area contributed by atoms with Crippen LogP contribution in [0.3, 0.4) is 0 Å². The third-order valence-corrected chi connectivity index (χ3v) is 4.91. The lowest BCUT2D eigenvalue weighted by molar-refractivity contribution is -0.120. The number of nitrogens with one attached hydrogen (secondary N) is 1. The Balaban J connectivity index is 1.63. The van der Waals surface area contributed by atoms with Crippen LogP contribution in [0.5, 0.6) is 11.5 Å². The summed E-state index contributed by atoms with van der Waals surface area (Å²) in [5.74, 6) is 0.688. The van der Waals surface area contributed by atoms with Crippen molar-refractivity contribution in [2.24, 2.45) is 5.73 Å². The Morgan fingerprint density at radius 3 is 2.84 bits per heavy atom. The number of nitrogens with two attached hydrogens (primary N) is 1. The van der Waals surface area contributed by atoms with Gasteiger partial charge in [0.2, 0.25) is 12.7 Å². The Labute approximate surface area is 149 Å². The fourth-order valence-corrected chi connectivity index (χ4v) is 3.28. The molecule has 7 nitrogen and oxygen atoms in total. The maximum Gasteiger partial charge on any atom is 0.251 e. The zero-order chi connectivity index (χ0) is 18.0. The molecule has 2 aromatic rings. The van der Waals surface area contributed by atoms with E-state index < -0.39 is 11.9 Å². The van der Waals surface area contributed by atoms with Crippen LogP contribution in [0, 0.1) is 0 Å². The SMILES string of the molecule is C[C@H](C(=O)Nc1sccc1C(N)=O)N(C)Cc1ccc2c(c1)OCO2. The van der Waals surface area contributed by atoms with Crippen LogP contribution in [-0.4, -0.2) is 36.6 Å². The molecule has 0 radical (unpaired) electrons. The van der Waals surface area contributed by atoms with E-state index in [1.54, 1.807) is 18.4 Å². The molecular formula is C17H19N3O4S. The fourth-order valence-electron chi connectivity index (χ4n) is 2.48. The van der Waals surface area contributed by atoms with Crippen LogP contribution >= 0.6 is 11.3 Å². The number of rotatable bonds is 6. The van der Waals surface area contributed by atoms with Gasteiger partial charge in [-0.05, 0) is 43.1 Å². The molecule has 0 saturated carbocycles. The average molecular weight is 361 g/mol. The molecule has 3 rings (SSSR count). The monoisotopic (exact) mass is 361 g/mol. The van der Waals surface area contributed by atoms with E-state index >= 15 is 0 Å². The highest BCUT2D eigenvalue weighted by atomic mass is 32.1. The number of hydrogen-bond donors (Lipinski definition) is 2. The van der Waals surface area contributed by atoms with Gasteiger partial charge in [-0.3, -0.25) is 14.5 Å². The number of anilines is 1. The Bertz CT molecular complexity index is 805. The second-order valence-electron chi connectivity index (χ2n) is 5.80. The number of hydrogen-bond acceptors (Lipinski definition) is 6. The van der Waals surface area contributed by atoms with Crippen LogP contribution < -0.4 is 20.5 Å². The summed E-state index contributed by atoms with van der Waals surface area (Å²) in [6, 6.07) is 6.92. The number of likely N-dealkylation sites (N-methyl/N-ethyl adjacent to an activating group) is 1. The number of carbonyl (C=O) groups excluding carboxylic acids is 2. The van der Waals surface area contributed by atoms with Crippen molar-refractivity contribution in [1.29, 1.82) is 0 Å². The normalized spacial score (nSPS) is 13.7. The van der Waals surface area contributed by atoms with E-state index in [4.69, 9.17) is 15.2 Å². The quantitative estimate of drug-likeness (QED) is 0.821. The Kier molecular flexibility index (Phi) is 4.91. The number of amides is 2. The lowest BCUT2D eigenvalue weighted by Crippen LogP contribution is -2.39. The van der Waals surface area contributed by atoms with E-state index in [2.05, 4.69) is 5.32 Å². The minimum atomic E-state index is -0.557. The third-order valence-electron chi connectivity index (χ3n) is 4.08. The van der Waals surface area contributed by atoms with Crippen molar-refractivity contribution in [2.75, 3.05) is 19.2 Å². The molecule has 1 aliphatic heterocycles. The molecule has 0 unspecified atom stereocenters. The summed E-state index contributed by atoms with van der Waals surface area (Å²) in [5.41, 5.74) is 6.64. The predicted octanol–water partition coefficient (Wildman–Crippen LogP) is 2.03. The smallest absolute Gasteiger partial charge is 0.251 e. The van der Waals surface area contributed by atoms with E-state index in [0.29, 0.717) is 22.9 Å². The molecule has 3 N–H and O–H groups in total. The number of benzene rings is 1. The minimum absolute atomic E-state index is 0.201.